The summed E-state index contributed by atoms with van der Waals surface area (Å²) in [6, 6.07) is 4.17. The third-order valence-electron chi connectivity index (χ3n) is 5.18. The Morgan fingerprint density at radius 1 is 1.27 bits per heavy atom. The zero-order valence-electron chi connectivity index (χ0n) is 15.4. The van der Waals surface area contributed by atoms with E-state index in [0.717, 1.165) is 26.1 Å². The van der Waals surface area contributed by atoms with Crippen LogP contribution in [0, 0.1) is 6.92 Å². The van der Waals surface area contributed by atoms with Gasteiger partial charge in [-0.1, -0.05) is 0 Å². The summed E-state index contributed by atoms with van der Waals surface area (Å²) in [4.78, 5) is 29.9. The number of likely N-dealkylation sites (tertiary alicyclic amines) is 1. The molecule has 2 aromatic heterocycles. The van der Waals surface area contributed by atoms with Crippen molar-refractivity contribution in [3.63, 3.8) is 0 Å². The largest absolute Gasteiger partial charge is 0.364 e. The zero-order valence-corrected chi connectivity index (χ0v) is 16.2. The summed E-state index contributed by atoms with van der Waals surface area (Å²) in [6.07, 6.45) is 0.858. The molecule has 140 valence electrons. The van der Waals surface area contributed by atoms with Crippen molar-refractivity contribution in [3.8, 4) is 0 Å². The highest BCUT2D eigenvalue weighted by molar-refractivity contribution is 7.11. The van der Waals surface area contributed by atoms with Gasteiger partial charge in [-0.15, -0.1) is 11.3 Å². The van der Waals surface area contributed by atoms with Gasteiger partial charge in [0, 0.05) is 29.4 Å². The van der Waals surface area contributed by atoms with E-state index in [1.807, 2.05) is 25.2 Å². The van der Waals surface area contributed by atoms with E-state index in [9.17, 15) is 9.59 Å². The SMILES string of the molecule is Cc1ccc(CN2CC[C@@]3(C2)Cn2c(nn(C(C)C)c(=O)c2=O)CO3)s1. The number of thiophene rings is 1. The molecule has 4 rings (SSSR count). The lowest BCUT2D eigenvalue weighted by atomic mass is 10.0. The minimum absolute atomic E-state index is 0.145. The van der Waals surface area contributed by atoms with Crippen LogP contribution in [0.15, 0.2) is 21.7 Å². The molecule has 1 spiro atoms. The molecule has 0 N–H and O–H groups in total. The Labute approximate surface area is 155 Å². The van der Waals surface area contributed by atoms with Crippen molar-refractivity contribution in [1.29, 1.82) is 0 Å². The predicted octanol–water partition coefficient (Wildman–Crippen LogP) is 1.53. The second-order valence-electron chi connectivity index (χ2n) is 7.60. The number of aromatic nitrogens is 3. The van der Waals surface area contributed by atoms with Crippen LogP contribution in [0.5, 0.6) is 0 Å². The van der Waals surface area contributed by atoms with E-state index >= 15 is 0 Å². The van der Waals surface area contributed by atoms with Crippen molar-refractivity contribution in [2.45, 2.75) is 58.5 Å². The van der Waals surface area contributed by atoms with E-state index in [1.54, 1.807) is 0 Å². The fourth-order valence-corrected chi connectivity index (χ4v) is 4.76. The summed E-state index contributed by atoms with van der Waals surface area (Å²) >= 11 is 1.82. The number of aryl methyl sites for hydroxylation is 1. The first kappa shape index (κ1) is 17.6. The Kier molecular flexibility index (Phi) is 4.37. The van der Waals surface area contributed by atoms with Crippen molar-refractivity contribution >= 4 is 11.3 Å². The van der Waals surface area contributed by atoms with E-state index < -0.39 is 16.7 Å². The molecule has 0 aromatic carbocycles. The van der Waals surface area contributed by atoms with Gasteiger partial charge in [0.2, 0.25) is 0 Å². The Morgan fingerprint density at radius 2 is 2.08 bits per heavy atom. The lowest BCUT2D eigenvalue weighted by molar-refractivity contribution is -0.0859. The molecule has 7 nitrogen and oxygen atoms in total. The van der Waals surface area contributed by atoms with Gasteiger partial charge in [0.05, 0.1) is 12.6 Å². The second-order valence-corrected chi connectivity index (χ2v) is 8.97. The molecule has 8 heteroatoms. The van der Waals surface area contributed by atoms with Gasteiger partial charge < -0.3 is 4.74 Å². The Balaban J connectivity index is 1.56. The van der Waals surface area contributed by atoms with E-state index in [1.165, 1.54) is 19.0 Å². The summed E-state index contributed by atoms with van der Waals surface area (Å²) in [5, 5.41) is 4.35. The van der Waals surface area contributed by atoms with Gasteiger partial charge in [-0.3, -0.25) is 19.1 Å². The van der Waals surface area contributed by atoms with Crippen molar-refractivity contribution in [2.24, 2.45) is 0 Å². The molecule has 26 heavy (non-hydrogen) atoms. The molecule has 1 fully saturated rings. The Hall–Kier alpha value is -1.77. The fraction of sp³-hybridized carbons (Fsp3) is 0.611. The maximum Gasteiger partial charge on any atom is 0.332 e. The molecule has 1 saturated heterocycles. The minimum atomic E-state index is -0.551. The number of ether oxygens (including phenoxy) is 1. The number of rotatable bonds is 3. The average Bonchev–Trinajstić information content (AvgIpc) is 3.18. The molecule has 0 aliphatic carbocycles. The van der Waals surface area contributed by atoms with Crippen LogP contribution in [0.3, 0.4) is 0 Å². The number of nitrogens with zero attached hydrogens (tertiary/aromatic N) is 4. The standard InChI is InChI=1S/C18H24N4O3S/c1-12(2)22-17(24)16(23)21-11-18(25-9-15(21)19-22)6-7-20(10-18)8-14-5-4-13(3)26-14/h4-5,12H,6-11H2,1-3H3/t18-/m1/s1. The quantitative estimate of drug-likeness (QED) is 0.760. The van der Waals surface area contributed by atoms with Crippen LogP contribution in [0.1, 0.15) is 41.9 Å². The molecule has 0 saturated carbocycles. The van der Waals surface area contributed by atoms with Crippen LogP contribution in [-0.4, -0.2) is 37.9 Å². The number of hydrogen-bond donors (Lipinski definition) is 0. The molecular formula is C18H24N4O3S. The van der Waals surface area contributed by atoms with Crippen LogP contribution in [-0.2, 0) is 24.4 Å². The van der Waals surface area contributed by atoms with Gasteiger partial charge in [0.15, 0.2) is 5.82 Å². The molecule has 0 bridgehead atoms. The lowest BCUT2D eigenvalue weighted by Gasteiger charge is -2.35. The topological polar surface area (TPSA) is 69.4 Å². The molecule has 0 radical (unpaired) electrons. The number of fused-ring (bicyclic) bond motifs is 1. The highest BCUT2D eigenvalue weighted by Gasteiger charge is 2.43. The maximum atomic E-state index is 12.6. The van der Waals surface area contributed by atoms with Gasteiger partial charge in [0.1, 0.15) is 12.2 Å². The van der Waals surface area contributed by atoms with Crippen LogP contribution < -0.4 is 11.1 Å². The van der Waals surface area contributed by atoms with E-state index in [2.05, 4.69) is 29.1 Å². The van der Waals surface area contributed by atoms with Gasteiger partial charge >= 0.3 is 11.1 Å². The maximum absolute atomic E-state index is 12.6. The third-order valence-corrected chi connectivity index (χ3v) is 6.17. The average molecular weight is 376 g/mol. The van der Waals surface area contributed by atoms with E-state index in [-0.39, 0.29) is 12.6 Å². The van der Waals surface area contributed by atoms with Crippen molar-refractivity contribution in [1.82, 2.24) is 19.2 Å². The summed E-state index contributed by atoms with van der Waals surface area (Å²) in [6.45, 7) is 9.08. The third kappa shape index (κ3) is 3.06. The monoisotopic (exact) mass is 376 g/mol. The highest BCUT2D eigenvalue weighted by Crippen LogP contribution is 2.32. The first-order valence-corrected chi connectivity index (χ1v) is 9.83. The van der Waals surface area contributed by atoms with Crippen LogP contribution >= 0.6 is 11.3 Å². The zero-order chi connectivity index (χ0) is 18.5. The Bertz CT molecular complexity index is 945. The van der Waals surface area contributed by atoms with E-state index in [4.69, 9.17) is 4.74 Å². The smallest absolute Gasteiger partial charge is 0.332 e. The normalized spacial score (nSPS) is 23.1. The van der Waals surface area contributed by atoms with Crippen molar-refractivity contribution in [2.75, 3.05) is 13.1 Å². The molecule has 2 aromatic rings. The molecule has 2 aliphatic heterocycles. The van der Waals surface area contributed by atoms with Crippen LogP contribution in [0.25, 0.3) is 0 Å². The van der Waals surface area contributed by atoms with Crippen LogP contribution in [0.4, 0.5) is 0 Å². The molecule has 0 amide bonds. The molecular weight excluding hydrogens is 352 g/mol. The van der Waals surface area contributed by atoms with Crippen LogP contribution in [0.2, 0.25) is 0 Å². The van der Waals surface area contributed by atoms with E-state index in [0.29, 0.717) is 12.4 Å². The van der Waals surface area contributed by atoms with Crippen molar-refractivity contribution < 1.29 is 4.74 Å². The summed E-state index contributed by atoms with van der Waals surface area (Å²) < 4.78 is 8.97. The first-order chi connectivity index (χ1) is 12.4. The first-order valence-electron chi connectivity index (χ1n) is 9.01. The number of hydrogen-bond acceptors (Lipinski definition) is 6. The summed E-state index contributed by atoms with van der Waals surface area (Å²) in [5.41, 5.74) is -1.44. The van der Waals surface area contributed by atoms with Crippen molar-refractivity contribution in [3.05, 3.63) is 48.4 Å². The second kappa shape index (κ2) is 6.44. The minimum Gasteiger partial charge on any atom is -0.364 e. The summed E-state index contributed by atoms with van der Waals surface area (Å²) in [5.74, 6) is 0.543. The van der Waals surface area contributed by atoms with Gasteiger partial charge in [-0.05, 0) is 39.3 Å². The molecule has 0 unspecified atom stereocenters. The molecule has 4 heterocycles. The highest BCUT2D eigenvalue weighted by atomic mass is 32.1. The Morgan fingerprint density at radius 3 is 2.77 bits per heavy atom. The van der Waals surface area contributed by atoms with Gasteiger partial charge in [-0.25, -0.2) is 4.68 Å². The van der Waals surface area contributed by atoms with Gasteiger partial charge in [-0.2, -0.15) is 5.10 Å². The lowest BCUT2D eigenvalue weighted by Crippen LogP contribution is -2.53. The molecule has 1 atom stereocenters. The predicted molar refractivity (Wildman–Crippen MR) is 99.6 cm³/mol. The van der Waals surface area contributed by atoms with Gasteiger partial charge in [0.25, 0.3) is 0 Å². The fourth-order valence-electron chi connectivity index (χ4n) is 3.83. The molecule has 2 aliphatic rings. The summed E-state index contributed by atoms with van der Waals surface area (Å²) in [7, 11) is 0.